The van der Waals surface area contributed by atoms with Crippen LogP contribution in [0.3, 0.4) is 0 Å². The Morgan fingerprint density at radius 1 is 1.56 bits per heavy atom. The van der Waals surface area contributed by atoms with Crippen molar-refractivity contribution < 1.29 is 14.6 Å². The summed E-state index contributed by atoms with van der Waals surface area (Å²) in [5.74, 6) is -0.376. The second-order valence-electron chi connectivity index (χ2n) is 5.25. The molecule has 1 saturated carbocycles. The number of carbonyl (C=O) groups is 1. The highest BCUT2D eigenvalue weighted by Gasteiger charge is 2.47. The van der Waals surface area contributed by atoms with E-state index in [4.69, 9.17) is 4.74 Å². The molecule has 3 atom stereocenters. The lowest BCUT2D eigenvalue weighted by atomic mass is 9.60. The van der Waals surface area contributed by atoms with Crippen molar-refractivity contribution in [3.8, 4) is 0 Å². The van der Waals surface area contributed by atoms with Gasteiger partial charge in [-0.1, -0.05) is 13.0 Å². The van der Waals surface area contributed by atoms with E-state index >= 15 is 0 Å². The summed E-state index contributed by atoms with van der Waals surface area (Å²) >= 11 is 0. The molecule has 1 rings (SSSR count). The lowest BCUT2D eigenvalue weighted by Gasteiger charge is -2.48. The maximum Gasteiger partial charge on any atom is 0.305 e. The first-order valence-corrected chi connectivity index (χ1v) is 5.78. The number of rotatable bonds is 3. The molecule has 3 nitrogen and oxygen atoms in total. The maximum atomic E-state index is 11.4. The summed E-state index contributed by atoms with van der Waals surface area (Å²) < 4.78 is 4.70. The molecule has 0 heterocycles. The van der Waals surface area contributed by atoms with Crippen molar-refractivity contribution in [1.29, 1.82) is 0 Å². The highest BCUT2D eigenvalue weighted by molar-refractivity contribution is 5.69. The molecule has 0 radical (unpaired) electrons. The van der Waals surface area contributed by atoms with Gasteiger partial charge in [-0.25, -0.2) is 0 Å². The molecule has 3 heteroatoms. The fraction of sp³-hybridized carbons (Fsp3) is 0.769. The monoisotopic (exact) mass is 226 g/mol. The number of hydrogen-bond acceptors (Lipinski definition) is 3. The Kier molecular flexibility index (Phi) is 3.79. The van der Waals surface area contributed by atoms with Gasteiger partial charge in [-0.05, 0) is 31.6 Å². The zero-order chi connectivity index (χ0) is 12.4. The largest absolute Gasteiger partial charge is 0.469 e. The normalized spacial score (nSPS) is 39.1. The molecular formula is C13H22O3. The van der Waals surface area contributed by atoms with Gasteiger partial charge in [-0.15, -0.1) is 6.58 Å². The third kappa shape index (κ3) is 2.46. The standard InChI is InChI=1S/C13H22O3/c1-5-12(2)7-6-8-13(3,15)10(12)9-11(14)16-4/h5,10,15H,1,6-9H2,2-4H3/t10-,12-,13-/m0/s1. The third-order valence-corrected chi connectivity index (χ3v) is 4.01. The third-order valence-electron chi connectivity index (χ3n) is 4.01. The van der Waals surface area contributed by atoms with Crippen LogP contribution in [0.2, 0.25) is 0 Å². The molecule has 92 valence electrons. The minimum absolute atomic E-state index is 0.112. The zero-order valence-electron chi connectivity index (χ0n) is 10.5. The van der Waals surface area contributed by atoms with Gasteiger partial charge < -0.3 is 9.84 Å². The van der Waals surface area contributed by atoms with Gasteiger partial charge in [0.25, 0.3) is 0 Å². The zero-order valence-corrected chi connectivity index (χ0v) is 10.5. The van der Waals surface area contributed by atoms with Gasteiger partial charge in [0.1, 0.15) is 0 Å². The number of allylic oxidation sites excluding steroid dienone is 1. The fourth-order valence-electron chi connectivity index (χ4n) is 2.83. The van der Waals surface area contributed by atoms with Gasteiger partial charge in [0.2, 0.25) is 0 Å². The average molecular weight is 226 g/mol. The van der Waals surface area contributed by atoms with Crippen LogP contribution in [-0.4, -0.2) is 23.8 Å². The minimum Gasteiger partial charge on any atom is -0.469 e. The van der Waals surface area contributed by atoms with E-state index in [1.807, 2.05) is 13.0 Å². The number of aliphatic hydroxyl groups is 1. The van der Waals surface area contributed by atoms with E-state index in [9.17, 15) is 9.90 Å². The smallest absolute Gasteiger partial charge is 0.305 e. The second-order valence-corrected chi connectivity index (χ2v) is 5.25. The number of hydrogen-bond donors (Lipinski definition) is 1. The highest BCUT2D eigenvalue weighted by Crippen LogP contribution is 2.48. The first-order chi connectivity index (χ1) is 7.35. The minimum atomic E-state index is -0.810. The van der Waals surface area contributed by atoms with Crippen LogP contribution in [0.5, 0.6) is 0 Å². The quantitative estimate of drug-likeness (QED) is 0.593. The van der Waals surface area contributed by atoms with Crippen molar-refractivity contribution >= 4 is 5.97 Å². The lowest BCUT2D eigenvalue weighted by molar-refractivity contribution is -0.150. The summed E-state index contributed by atoms with van der Waals surface area (Å²) in [7, 11) is 1.38. The fourth-order valence-corrected chi connectivity index (χ4v) is 2.83. The molecule has 0 saturated heterocycles. The Balaban J connectivity index is 2.93. The molecule has 1 aliphatic rings. The molecule has 16 heavy (non-hydrogen) atoms. The van der Waals surface area contributed by atoms with E-state index in [-0.39, 0.29) is 23.7 Å². The van der Waals surface area contributed by atoms with Crippen LogP contribution >= 0.6 is 0 Å². The number of ether oxygens (including phenoxy) is 1. The maximum absolute atomic E-state index is 11.4. The number of carbonyl (C=O) groups excluding carboxylic acids is 1. The van der Waals surface area contributed by atoms with Crippen LogP contribution in [0, 0.1) is 11.3 Å². The number of methoxy groups -OCH3 is 1. The van der Waals surface area contributed by atoms with Crippen LogP contribution in [0.15, 0.2) is 12.7 Å². The predicted octanol–water partition coefficient (Wildman–Crippen LogP) is 2.29. The molecule has 1 N–H and O–H groups in total. The van der Waals surface area contributed by atoms with Crippen LogP contribution in [0.4, 0.5) is 0 Å². The summed E-state index contributed by atoms with van der Waals surface area (Å²) in [6.45, 7) is 7.71. The molecule has 0 bridgehead atoms. The van der Waals surface area contributed by atoms with E-state index in [0.717, 1.165) is 19.3 Å². The van der Waals surface area contributed by atoms with Gasteiger partial charge in [0, 0.05) is 5.92 Å². The summed E-state index contributed by atoms with van der Waals surface area (Å²) in [6.07, 6.45) is 4.79. The molecule has 0 aromatic rings. The topological polar surface area (TPSA) is 46.5 Å². The van der Waals surface area contributed by atoms with Crippen LogP contribution in [0.25, 0.3) is 0 Å². The van der Waals surface area contributed by atoms with E-state index in [1.54, 1.807) is 0 Å². The lowest BCUT2D eigenvalue weighted by Crippen LogP contribution is -2.48. The molecule has 1 aliphatic carbocycles. The highest BCUT2D eigenvalue weighted by atomic mass is 16.5. The Bertz CT molecular complexity index is 283. The van der Waals surface area contributed by atoms with Crippen molar-refractivity contribution in [2.45, 2.75) is 45.1 Å². The van der Waals surface area contributed by atoms with E-state index in [1.165, 1.54) is 7.11 Å². The summed E-state index contributed by atoms with van der Waals surface area (Å²) in [6, 6.07) is 0. The Labute approximate surface area is 97.5 Å². The molecular weight excluding hydrogens is 204 g/mol. The van der Waals surface area contributed by atoms with Crippen molar-refractivity contribution in [1.82, 2.24) is 0 Å². The summed E-state index contributed by atoms with van der Waals surface area (Å²) in [5, 5.41) is 10.4. The first kappa shape index (κ1) is 13.2. The van der Waals surface area contributed by atoms with Crippen LogP contribution < -0.4 is 0 Å². The van der Waals surface area contributed by atoms with E-state index in [0.29, 0.717) is 0 Å². The molecule has 0 aliphatic heterocycles. The van der Waals surface area contributed by atoms with E-state index < -0.39 is 5.60 Å². The van der Waals surface area contributed by atoms with Gasteiger partial charge in [-0.3, -0.25) is 4.79 Å². The van der Waals surface area contributed by atoms with Gasteiger partial charge in [0.15, 0.2) is 0 Å². The number of esters is 1. The Morgan fingerprint density at radius 3 is 2.69 bits per heavy atom. The SMILES string of the molecule is C=C[C@@]1(C)CCC[C@](C)(O)[C@H]1CC(=O)OC. The molecule has 0 aromatic carbocycles. The van der Waals surface area contributed by atoms with Gasteiger partial charge in [-0.2, -0.15) is 0 Å². The molecule has 0 aromatic heterocycles. The van der Waals surface area contributed by atoms with Crippen LogP contribution in [0.1, 0.15) is 39.5 Å². The van der Waals surface area contributed by atoms with Crippen molar-refractivity contribution in [2.75, 3.05) is 7.11 Å². The summed E-state index contributed by atoms with van der Waals surface area (Å²) in [5.41, 5.74) is -0.995. The van der Waals surface area contributed by atoms with Crippen molar-refractivity contribution in [3.63, 3.8) is 0 Å². The van der Waals surface area contributed by atoms with Gasteiger partial charge >= 0.3 is 5.97 Å². The Morgan fingerprint density at radius 2 is 2.19 bits per heavy atom. The molecule has 1 fully saturated rings. The van der Waals surface area contributed by atoms with Gasteiger partial charge in [0.05, 0.1) is 19.1 Å². The second kappa shape index (κ2) is 4.58. The molecule has 0 unspecified atom stereocenters. The molecule has 0 spiro atoms. The van der Waals surface area contributed by atoms with Crippen molar-refractivity contribution in [2.24, 2.45) is 11.3 Å². The average Bonchev–Trinajstić information content (AvgIpc) is 2.23. The Hall–Kier alpha value is -0.830. The molecule has 0 amide bonds. The van der Waals surface area contributed by atoms with E-state index in [2.05, 4.69) is 13.5 Å². The van der Waals surface area contributed by atoms with Crippen molar-refractivity contribution in [3.05, 3.63) is 12.7 Å². The first-order valence-electron chi connectivity index (χ1n) is 5.78. The summed E-state index contributed by atoms with van der Waals surface area (Å²) in [4.78, 5) is 11.4. The predicted molar refractivity (Wildman–Crippen MR) is 62.9 cm³/mol. The van der Waals surface area contributed by atoms with Crippen LogP contribution in [-0.2, 0) is 9.53 Å².